The van der Waals surface area contributed by atoms with E-state index in [9.17, 15) is 29.1 Å². The zero-order chi connectivity index (χ0) is 22.0. The van der Waals surface area contributed by atoms with Gasteiger partial charge in [0.05, 0.1) is 23.2 Å². The molecular formula is C19H21NO9. The summed E-state index contributed by atoms with van der Waals surface area (Å²) in [4.78, 5) is 57.6. The number of benzene rings is 1. The van der Waals surface area contributed by atoms with Gasteiger partial charge in [-0.1, -0.05) is 6.58 Å². The smallest absolute Gasteiger partial charge is 0.339 e. The molecule has 1 aromatic carbocycles. The molecule has 1 rings (SSSR count). The van der Waals surface area contributed by atoms with Gasteiger partial charge in [-0.05, 0) is 25.1 Å². The molecule has 0 aliphatic rings. The SMILES string of the molecule is C=C(C)C(=O)OCCOC(=O)c1cc(C(=O)OCCNC(C)=O)ccc1C(=O)O. The van der Waals surface area contributed by atoms with Gasteiger partial charge in [-0.3, -0.25) is 4.79 Å². The third-order valence-electron chi connectivity index (χ3n) is 3.31. The number of hydrogen-bond donors (Lipinski definition) is 2. The van der Waals surface area contributed by atoms with Crippen molar-refractivity contribution in [3.8, 4) is 0 Å². The van der Waals surface area contributed by atoms with E-state index in [2.05, 4.69) is 11.9 Å². The molecule has 156 valence electrons. The lowest BCUT2D eigenvalue weighted by Crippen LogP contribution is -2.25. The van der Waals surface area contributed by atoms with Crippen LogP contribution in [0.25, 0.3) is 0 Å². The number of nitrogens with one attached hydrogen (secondary N) is 1. The molecule has 0 bridgehead atoms. The lowest BCUT2D eigenvalue weighted by atomic mass is 10.0. The maximum absolute atomic E-state index is 12.2. The van der Waals surface area contributed by atoms with Crippen LogP contribution in [0.5, 0.6) is 0 Å². The summed E-state index contributed by atoms with van der Waals surface area (Å²) in [5, 5.41) is 11.7. The Morgan fingerprint density at radius 3 is 2.14 bits per heavy atom. The maximum Gasteiger partial charge on any atom is 0.339 e. The molecule has 0 heterocycles. The van der Waals surface area contributed by atoms with Crippen LogP contribution >= 0.6 is 0 Å². The van der Waals surface area contributed by atoms with Gasteiger partial charge in [0.2, 0.25) is 5.91 Å². The summed E-state index contributed by atoms with van der Waals surface area (Å²) >= 11 is 0. The molecule has 0 aliphatic heterocycles. The third kappa shape index (κ3) is 7.83. The van der Waals surface area contributed by atoms with Gasteiger partial charge in [0.15, 0.2) is 0 Å². The number of rotatable bonds is 10. The average Bonchev–Trinajstić information content (AvgIpc) is 2.67. The standard InChI is InChI=1S/C19H21NO9/c1-11(2)17(24)28-8-9-29-19(26)15-10-13(4-5-14(15)16(22)23)18(25)27-7-6-20-12(3)21/h4-5,10H,1,6-9H2,2-3H3,(H,20,21)(H,22,23). The fourth-order valence-electron chi connectivity index (χ4n) is 1.95. The largest absolute Gasteiger partial charge is 0.478 e. The minimum absolute atomic E-state index is 0.0708. The molecule has 10 heteroatoms. The number of hydrogen-bond acceptors (Lipinski definition) is 8. The minimum Gasteiger partial charge on any atom is -0.478 e. The zero-order valence-corrected chi connectivity index (χ0v) is 16.0. The highest BCUT2D eigenvalue weighted by molar-refractivity contribution is 6.04. The molecule has 0 fully saturated rings. The molecular weight excluding hydrogens is 386 g/mol. The molecule has 2 N–H and O–H groups in total. The van der Waals surface area contributed by atoms with E-state index in [1.54, 1.807) is 0 Å². The van der Waals surface area contributed by atoms with Crippen LogP contribution in [0.15, 0.2) is 30.4 Å². The van der Waals surface area contributed by atoms with Crippen molar-refractivity contribution in [2.24, 2.45) is 0 Å². The fraction of sp³-hybridized carbons (Fsp3) is 0.316. The quantitative estimate of drug-likeness (QED) is 0.250. The van der Waals surface area contributed by atoms with Crippen molar-refractivity contribution in [3.05, 3.63) is 47.0 Å². The molecule has 0 spiro atoms. The van der Waals surface area contributed by atoms with E-state index in [0.29, 0.717) is 0 Å². The van der Waals surface area contributed by atoms with Crippen molar-refractivity contribution in [1.29, 1.82) is 0 Å². The van der Waals surface area contributed by atoms with E-state index in [4.69, 9.17) is 14.2 Å². The minimum atomic E-state index is -1.39. The number of carboxylic acids is 1. The second kappa shape index (κ2) is 11.2. The molecule has 0 aliphatic carbocycles. The van der Waals surface area contributed by atoms with Gasteiger partial charge in [-0.2, -0.15) is 0 Å². The normalized spacial score (nSPS) is 9.86. The van der Waals surface area contributed by atoms with Gasteiger partial charge < -0.3 is 24.6 Å². The Labute approximate surface area is 166 Å². The van der Waals surface area contributed by atoms with Crippen molar-refractivity contribution in [2.75, 3.05) is 26.4 Å². The number of ether oxygens (including phenoxy) is 3. The van der Waals surface area contributed by atoms with Crippen molar-refractivity contribution in [3.63, 3.8) is 0 Å². The summed E-state index contributed by atoms with van der Waals surface area (Å²) in [5.41, 5.74) is -0.628. The number of aromatic carboxylic acids is 1. The van der Waals surface area contributed by atoms with Crippen LogP contribution in [0, 0.1) is 0 Å². The Hall–Kier alpha value is -3.69. The maximum atomic E-state index is 12.2. The van der Waals surface area contributed by atoms with Gasteiger partial charge in [0.25, 0.3) is 0 Å². The Balaban J connectivity index is 2.79. The summed E-state index contributed by atoms with van der Waals surface area (Å²) in [6.45, 7) is 5.60. The van der Waals surface area contributed by atoms with E-state index in [0.717, 1.165) is 12.1 Å². The van der Waals surface area contributed by atoms with Crippen LogP contribution in [0.4, 0.5) is 0 Å². The Kier molecular flexibility index (Phi) is 9.03. The van der Waals surface area contributed by atoms with Crippen LogP contribution < -0.4 is 5.32 Å². The van der Waals surface area contributed by atoms with E-state index < -0.39 is 23.9 Å². The molecule has 0 radical (unpaired) electrons. The Bertz CT molecular complexity index is 829. The Morgan fingerprint density at radius 1 is 0.931 bits per heavy atom. The molecule has 0 saturated carbocycles. The van der Waals surface area contributed by atoms with Crippen LogP contribution in [-0.4, -0.2) is 61.3 Å². The number of carbonyl (C=O) groups excluding carboxylic acids is 4. The molecule has 0 saturated heterocycles. The van der Waals surface area contributed by atoms with Gasteiger partial charge in [-0.15, -0.1) is 0 Å². The van der Waals surface area contributed by atoms with Crippen LogP contribution in [0.2, 0.25) is 0 Å². The topological polar surface area (TPSA) is 145 Å². The number of carboxylic acid groups (broad SMARTS) is 1. The van der Waals surface area contributed by atoms with Crippen LogP contribution in [0.3, 0.4) is 0 Å². The number of amides is 1. The van der Waals surface area contributed by atoms with Gasteiger partial charge in [-0.25, -0.2) is 19.2 Å². The average molecular weight is 407 g/mol. The van der Waals surface area contributed by atoms with Crippen LogP contribution in [0.1, 0.15) is 44.9 Å². The van der Waals surface area contributed by atoms with E-state index in [1.165, 1.54) is 19.9 Å². The molecule has 29 heavy (non-hydrogen) atoms. The third-order valence-corrected chi connectivity index (χ3v) is 3.31. The second-order valence-electron chi connectivity index (χ2n) is 5.74. The lowest BCUT2D eigenvalue weighted by molar-refractivity contribution is -0.140. The van der Waals surface area contributed by atoms with Crippen molar-refractivity contribution >= 4 is 29.8 Å². The highest BCUT2D eigenvalue weighted by Crippen LogP contribution is 2.15. The lowest BCUT2D eigenvalue weighted by Gasteiger charge is -2.10. The summed E-state index contributed by atoms with van der Waals surface area (Å²) in [5.74, 6) is -4.16. The first-order valence-corrected chi connectivity index (χ1v) is 8.42. The number of carbonyl (C=O) groups is 5. The molecule has 1 aromatic rings. The van der Waals surface area contributed by atoms with Crippen molar-refractivity contribution in [2.45, 2.75) is 13.8 Å². The molecule has 1 amide bonds. The fourth-order valence-corrected chi connectivity index (χ4v) is 1.95. The molecule has 0 unspecified atom stereocenters. The van der Waals surface area contributed by atoms with Gasteiger partial charge >= 0.3 is 23.9 Å². The summed E-state index contributed by atoms with van der Waals surface area (Å²) < 4.78 is 14.6. The summed E-state index contributed by atoms with van der Waals surface area (Å²) in [6, 6.07) is 3.30. The number of esters is 3. The predicted octanol–water partition coefficient (Wildman–Crippen LogP) is 0.954. The predicted molar refractivity (Wildman–Crippen MR) is 98.4 cm³/mol. The van der Waals surface area contributed by atoms with Crippen molar-refractivity contribution < 1.29 is 43.3 Å². The molecule has 0 aromatic heterocycles. The zero-order valence-electron chi connectivity index (χ0n) is 16.0. The Morgan fingerprint density at radius 2 is 1.55 bits per heavy atom. The van der Waals surface area contributed by atoms with Crippen molar-refractivity contribution in [1.82, 2.24) is 5.32 Å². The summed E-state index contributed by atoms with van der Waals surface area (Å²) in [6.07, 6.45) is 0. The monoisotopic (exact) mass is 407 g/mol. The van der Waals surface area contributed by atoms with E-state index >= 15 is 0 Å². The second-order valence-corrected chi connectivity index (χ2v) is 5.74. The van der Waals surface area contributed by atoms with E-state index in [-0.39, 0.29) is 54.5 Å². The molecule has 10 nitrogen and oxygen atoms in total. The first-order chi connectivity index (χ1) is 13.6. The highest BCUT2D eigenvalue weighted by Gasteiger charge is 2.21. The first-order valence-electron chi connectivity index (χ1n) is 8.42. The first kappa shape index (κ1) is 23.3. The summed E-state index contributed by atoms with van der Waals surface area (Å²) in [7, 11) is 0. The van der Waals surface area contributed by atoms with Gasteiger partial charge in [0, 0.05) is 12.5 Å². The van der Waals surface area contributed by atoms with E-state index in [1.807, 2.05) is 0 Å². The van der Waals surface area contributed by atoms with Gasteiger partial charge in [0.1, 0.15) is 19.8 Å². The molecule has 0 atom stereocenters. The highest BCUT2D eigenvalue weighted by atomic mass is 16.6. The van der Waals surface area contributed by atoms with Crippen LogP contribution in [-0.2, 0) is 23.8 Å².